The van der Waals surface area contributed by atoms with Crippen LogP contribution in [0.4, 0.5) is 0 Å². The van der Waals surface area contributed by atoms with Gasteiger partial charge in [0.05, 0.1) is 0 Å². The van der Waals surface area contributed by atoms with Gasteiger partial charge in [0.2, 0.25) is 0 Å². The van der Waals surface area contributed by atoms with E-state index in [0.717, 1.165) is 5.57 Å². The summed E-state index contributed by atoms with van der Waals surface area (Å²) in [7, 11) is 3.09. The van der Waals surface area contributed by atoms with Crippen LogP contribution in [-0.2, 0) is 14.3 Å². The van der Waals surface area contributed by atoms with Crippen molar-refractivity contribution in [2.24, 2.45) is 0 Å². The van der Waals surface area contributed by atoms with E-state index in [-0.39, 0.29) is 12.7 Å². The van der Waals surface area contributed by atoms with Crippen LogP contribution in [0.3, 0.4) is 0 Å². The number of rotatable bonds is 6. The molecule has 4 heteroatoms. The maximum absolute atomic E-state index is 10.2. The Morgan fingerprint density at radius 1 is 1.46 bits per heavy atom. The molecule has 0 atom stereocenters. The summed E-state index contributed by atoms with van der Waals surface area (Å²) in [6.45, 7) is 1.85. The van der Waals surface area contributed by atoms with Crippen LogP contribution < -0.4 is 0 Å². The van der Waals surface area contributed by atoms with E-state index in [0.29, 0.717) is 6.42 Å². The number of hydrogen-bond acceptors (Lipinski definition) is 3. The van der Waals surface area contributed by atoms with Crippen LogP contribution in [0.1, 0.15) is 19.8 Å². The van der Waals surface area contributed by atoms with Gasteiger partial charge in [0.1, 0.15) is 0 Å². The molecule has 0 saturated heterocycles. The summed E-state index contributed by atoms with van der Waals surface area (Å²) in [5, 5.41) is 8.39. The minimum atomic E-state index is -0.796. The second-order valence-electron chi connectivity index (χ2n) is 2.68. The number of aliphatic carboxylic acids is 1. The average Bonchev–Trinajstić information content (AvgIpc) is 2.05. The summed E-state index contributed by atoms with van der Waals surface area (Å²) < 4.78 is 9.96. The van der Waals surface area contributed by atoms with E-state index in [4.69, 9.17) is 14.6 Å². The van der Waals surface area contributed by atoms with Crippen LogP contribution in [0.15, 0.2) is 11.6 Å². The Labute approximate surface area is 78.2 Å². The van der Waals surface area contributed by atoms with Crippen LogP contribution in [0.2, 0.25) is 0 Å². The zero-order valence-corrected chi connectivity index (χ0v) is 8.24. The third-order valence-corrected chi connectivity index (χ3v) is 1.62. The van der Waals surface area contributed by atoms with Crippen LogP contribution in [0.5, 0.6) is 0 Å². The van der Waals surface area contributed by atoms with Crippen molar-refractivity contribution in [3.63, 3.8) is 0 Å². The van der Waals surface area contributed by atoms with Gasteiger partial charge in [-0.1, -0.05) is 6.08 Å². The molecule has 0 amide bonds. The van der Waals surface area contributed by atoms with Crippen molar-refractivity contribution in [2.45, 2.75) is 26.1 Å². The van der Waals surface area contributed by atoms with E-state index in [9.17, 15) is 4.79 Å². The summed E-state index contributed by atoms with van der Waals surface area (Å²) in [6, 6.07) is 0. The van der Waals surface area contributed by atoms with Crippen molar-refractivity contribution in [1.29, 1.82) is 0 Å². The Hall–Kier alpha value is -0.870. The lowest BCUT2D eigenvalue weighted by Crippen LogP contribution is -2.14. The molecule has 0 spiro atoms. The fourth-order valence-corrected chi connectivity index (χ4v) is 0.988. The van der Waals surface area contributed by atoms with Crippen molar-refractivity contribution in [3.8, 4) is 0 Å². The van der Waals surface area contributed by atoms with Crippen molar-refractivity contribution in [3.05, 3.63) is 11.6 Å². The summed E-state index contributed by atoms with van der Waals surface area (Å²) in [6.07, 6.45) is 2.09. The van der Waals surface area contributed by atoms with Crippen LogP contribution >= 0.6 is 0 Å². The topological polar surface area (TPSA) is 55.8 Å². The number of allylic oxidation sites excluding steroid dienone is 1. The molecule has 0 aromatic carbocycles. The first kappa shape index (κ1) is 12.1. The number of carboxylic acid groups (broad SMARTS) is 1. The lowest BCUT2D eigenvalue weighted by Gasteiger charge is -2.13. The highest BCUT2D eigenvalue weighted by molar-refractivity contribution is 5.66. The van der Waals surface area contributed by atoms with E-state index in [1.807, 2.05) is 13.0 Å². The van der Waals surface area contributed by atoms with Gasteiger partial charge in [-0.05, 0) is 18.9 Å². The summed E-state index contributed by atoms with van der Waals surface area (Å²) in [5.74, 6) is -0.796. The molecule has 0 aliphatic carbocycles. The molecule has 1 N–H and O–H groups in total. The molecule has 0 rings (SSSR count). The van der Waals surface area contributed by atoms with Gasteiger partial charge >= 0.3 is 5.97 Å². The minimum Gasteiger partial charge on any atom is -0.481 e. The third-order valence-electron chi connectivity index (χ3n) is 1.62. The molecule has 0 aromatic heterocycles. The first-order chi connectivity index (χ1) is 6.11. The average molecular weight is 188 g/mol. The molecule has 0 radical (unpaired) electrons. The first-order valence-corrected chi connectivity index (χ1v) is 4.05. The molecule has 0 bridgehead atoms. The van der Waals surface area contributed by atoms with Crippen LogP contribution in [-0.4, -0.2) is 31.6 Å². The molecule has 0 unspecified atom stereocenters. The quantitative estimate of drug-likeness (QED) is 0.506. The zero-order valence-electron chi connectivity index (χ0n) is 8.24. The summed E-state index contributed by atoms with van der Waals surface area (Å²) >= 11 is 0. The second kappa shape index (κ2) is 6.62. The van der Waals surface area contributed by atoms with E-state index < -0.39 is 5.97 Å². The number of methoxy groups -OCH3 is 2. The van der Waals surface area contributed by atoms with Gasteiger partial charge in [0, 0.05) is 20.6 Å². The predicted octanol–water partition coefficient (Wildman–Crippen LogP) is 1.42. The molecule has 4 nitrogen and oxygen atoms in total. The van der Waals surface area contributed by atoms with Crippen molar-refractivity contribution < 1.29 is 19.4 Å². The summed E-state index contributed by atoms with van der Waals surface area (Å²) in [4.78, 5) is 10.2. The lowest BCUT2D eigenvalue weighted by atomic mass is 10.2. The Bertz CT molecular complexity index is 182. The normalized spacial score (nSPS) is 12.2. The van der Waals surface area contributed by atoms with Crippen molar-refractivity contribution >= 4 is 5.97 Å². The van der Waals surface area contributed by atoms with E-state index in [2.05, 4.69) is 0 Å². The monoisotopic (exact) mass is 188 g/mol. The maximum atomic E-state index is 10.2. The second-order valence-corrected chi connectivity index (χ2v) is 2.68. The number of carboxylic acids is 1. The van der Waals surface area contributed by atoms with E-state index in [1.165, 1.54) is 0 Å². The Balaban J connectivity index is 3.91. The Kier molecular flexibility index (Phi) is 6.18. The highest BCUT2D eigenvalue weighted by Gasteiger charge is 2.06. The van der Waals surface area contributed by atoms with E-state index in [1.54, 1.807) is 14.2 Å². The van der Waals surface area contributed by atoms with Crippen LogP contribution in [0.25, 0.3) is 0 Å². The molecule has 0 aromatic rings. The smallest absolute Gasteiger partial charge is 0.303 e. The molecular formula is C9H16O4. The van der Waals surface area contributed by atoms with Gasteiger partial charge in [0.15, 0.2) is 6.29 Å². The summed E-state index contributed by atoms with van der Waals surface area (Å²) in [5.41, 5.74) is 0.895. The van der Waals surface area contributed by atoms with Gasteiger partial charge < -0.3 is 14.6 Å². The molecule has 0 saturated carbocycles. The van der Waals surface area contributed by atoms with Crippen molar-refractivity contribution in [1.82, 2.24) is 0 Å². The molecule has 0 heterocycles. The molecule has 0 aliphatic heterocycles. The van der Waals surface area contributed by atoms with E-state index >= 15 is 0 Å². The lowest BCUT2D eigenvalue weighted by molar-refractivity contribution is -0.136. The number of carbonyl (C=O) groups is 1. The zero-order chi connectivity index (χ0) is 10.3. The van der Waals surface area contributed by atoms with Gasteiger partial charge in [-0.3, -0.25) is 4.79 Å². The highest BCUT2D eigenvalue weighted by Crippen LogP contribution is 2.07. The van der Waals surface area contributed by atoms with Gasteiger partial charge in [0.25, 0.3) is 0 Å². The standard InChI is InChI=1S/C9H16O4/c1-7(9(12-2)13-3)5-4-6-8(10)11/h5,9H,4,6H2,1-3H3,(H,10,11)/b7-5-. The SMILES string of the molecule is COC(OC)/C(C)=C\CCC(=O)O. The molecule has 0 fully saturated rings. The Morgan fingerprint density at radius 2 is 2.00 bits per heavy atom. The van der Waals surface area contributed by atoms with Crippen molar-refractivity contribution in [2.75, 3.05) is 14.2 Å². The fourth-order valence-electron chi connectivity index (χ4n) is 0.988. The Morgan fingerprint density at radius 3 is 2.38 bits per heavy atom. The minimum absolute atomic E-state index is 0.136. The highest BCUT2D eigenvalue weighted by atomic mass is 16.7. The van der Waals surface area contributed by atoms with Gasteiger partial charge in [-0.15, -0.1) is 0 Å². The molecule has 0 aliphatic rings. The fraction of sp³-hybridized carbons (Fsp3) is 0.667. The first-order valence-electron chi connectivity index (χ1n) is 4.05. The third kappa shape index (κ3) is 5.38. The molecular weight excluding hydrogens is 172 g/mol. The molecule has 13 heavy (non-hydrogen) atoms. The predicted molar refractivity (Wildman–Crippen MR) is 48.4 cm³/mol. The van der Waals surface area contributed by atoms with Gasteiger partial charge in [-0.25, -0.2) is 0 Å². The van der Waals surface area contributed by atoms with Crippen LogP contribution in [0, 0.1) is 0 Å². The maximum Gasteiger partial charge on any atom is 0.303 e. The number of hydrogen-bond donors (Lipinski definition) is 1. The largest absolute Gasteiger partial charge is 0.481 e. The number of ether oxygens (including phenoxy) is 2. The molecule has 76 valence electrons. The van der Waals surface area contributed by atoms with Gasteiger partial charge in [-0.2, -0.15) is 0 Å².